The molecule has 1 fully saturated rings. The van der Waals surface area contributed by atoms with Gasteiger partial charge >= 0.3 is 64.6 Å². The van der Waals surface area contributed by atoms with Crippen molar-refractivity contribution >= 4 is 64.6 Å². The van der Waals surface area contributed by atoms with Gasteiger partial charge in [-0.25, -0.2) is 0 Å². The van der Waals surface area contributed by atoms with Gasteiger partial charge in [0.25, 0.3) is 0 Å². The molecule has 0 unspecified atom stereocenters. The Labute approximate surface area is 276 Å². The zero-order chi connectivity index (χ0) is 34.8. The van der Waals surface area contributed by atoms with Crippen LogP contribution in [0.5, 0.6) is 0 Å². The first-order chi connectivity index (χ1) is 20.1. The largest absolute Gasteiger partial charge is 0.414 e. The molecule has 1 aliphatic rings. The van der Waals surface area contributed by atoms with Crippen molar-refractivity contribution in [2.24, 2.45) is 0 Å². The Hall–Kier alpha value is 1.26. The summed E-state index contributed by atoms with van der Waals surface area (Å²) in [5, 5.41) is 0. The summed E-state index contributed by atoms with van der Waals surface area (Å²) in [6.45, 7) is 24.9. The minimum Gasteiger partial charge on any atom is -0.414 e. The SMILES string of the molecule is CO[Si](OC)(C(C)C)[Si]1(C)O[Si](C)([Si](OC)(OC)C(C)C)O[Si](C)([Si](OC)(OC)C(C)C)O[Si](C)([Si](OC)(OC)C(C)C)O1. The van der Waals surface area contributed by atoms with Crippen molar-refractivity contribution in [1.82, 2.24) is 0 Å². The second-order valence-corrected chi connectivity index (χ2v) is 56.4. The van der Waals surface area contributed by atoms with E-state index >= 15 is 0 Å². The number of rotatable bonds is 16. The predicted molar refractivity (Wildman–Crippen MR) is 190 cm³/mol. The summed E-state index contributed by atoms with van der Waals surface area (Å²) >= 11 is 0. The summed E-state index contributed by atoms with van der Waals surface area (Å²) in [4.78, 5) is 0. The molecule has 0 radical (unpaired) electrons. The first kappa shape index (κ1) is 43.3. The van der Waals surface area contributed by atoms with Crippen molar-refractivity contribution in [3.63, 3.8) is 0 Å². The molecule has 1 rings (SSSR count). The second-order valence-electron chi connectivity index (χ2n) is 13.1. The highest BCUT2D eigenvalue weighted by Crippen LogP contribution is 2.50. The fraction of sp³-hybridized carbons (Fsp3) is 1.00. The Morgan fingerprint density at radius 2 is 0.432 bits per heavy atom. The van der Waals surface area contributed by atoms with E-state index in [-0.39, 0.29) is 22.2 Å². The van der Waals surface area contributed by atoms with E-state index in [2.05, 4.69) is 55.4 Å². The summed E-state index contributed by atoms with van der Waals surface area (Å²) in [5.41, 5.74) is -0.181. The van der Waals surface area contributed by atoms with Gasteiger partial charge in [-0.3, -0.25) is 0 Å². The molecular formula is C24H64O12Si8. The third-order valence-corrected chi connectivity index (χ3v) is 72.4. The lowest BCUT2D eigenvalue weighted by Crippen LogP contribution is -2.89. The zero-order valence-corrected chi connectivity index (χ0v) is 39.2. The maximum atomic E-state index is 7.67. The fourth-order valence-electron chi connectivity index (χ4n) is 7.94. The third kappa shape index (κ3) is 6.47. The molecular weight excluding hydrogens is 705 g/mol. The van der Waals surface area contributed by atoms with Crippen LogP contribution in [0.15, 0.2) is 0 Å². The molecule has 0 saturated carbocycles. The molecule has 12 nitrogen and oxygen atoms in total. The molecule has 1 heterocycles. The van der Waals surface area contributed by atoms with Gasteiger partial charge in [0, 0.05) is 56.9 Å². The Kier molecular flexibility index (Phi) is 15.2. The van der Waals surface area contributed by atoms with Crippen LogP contribution in [0.3, 0.4) is 0 Å². The van der Waals surface area contributed by atoms with Crippen molar-refractivity contribution in [3.05, 3.63) is 0 Å². The predicted octanol–water partition coefficient (Wildman–Crippen LogP) is 5.25. The van der Waals surface area contributed by atoms with Gasteiger partial charge in [-0.05, 0) is 48.4 Å². The summed E-state index contributed by atoms with van der Waals surface area (Å²) in [7, 11) is -14.1. The topological polar surface area (TPSA) is 111 Å². The highest BCUT2D eigenvalue weighted by Gasteiger charge is 2.81. The van der Waals surface area contributed by atoms with E-state index in [1.54, 1.807) is 56.9 Å². The van der Waals surface area contributed by atoms with E-state index in [9.17, 15) is 0 Å². The van der Waals surface area contributed by atoms with E-state index in [1.165, 1.54) is 0 Å². The maximum Gasteiger partial charge on any atom is 0.384 e. The molecule has 0 spiro atoms. The van der Waals surface area contributed by atoms with Crippen molar-refractivity contribution in [2.75, 3.05) is 56.9 Å². The van der Waals surface area contributed by atoms with Crippen molar-refractivity contribution in [3.8, 4) is 0 Å². The molecule has 0 aromatic rings. The number of hydrogen-bond acceptors (Lipinski definition) is 12. The molecule has 0 aromatic carbocycles. The first-order valence-corrected chi connectivity index (χ1v) is 36.1. The molecule has 0 amide bonds. The lowest BCUT2D eigenvalue weighted by molar-refractivity contribution is 0.169. The Morgan fingerprint density at radius 3 is 0.500 bits per heavy atom. The molecule has 264 valence electrons. The Balaban J connectivity index is 4.61. The molecule has 20 heteroatoms. The van der Waals surface area contributed by atoms with Crippen LogP contribution in [-0.4, -0.2) is 122 Å². The van der Waals surface area contributed by atoms with Gasteiger partial charge in [0.1, 0.15) is 0 Å². The van der Waals surface area contributed by atoms with Crippen LogP contribution in [0.1, 0.15) is 55.4 Å². The first-order valence-electron chi connectivity index (χ1n) is 15.3. The Morgan fingerprint density at radius 1 is 0.318 bits per heavy atom. The summed E-state index contributed by atoms with van der Waals surface area (Å²) in [6.07, 6.45) is 0. The number of hydrogen-bond donors (Lipinski definition) is 0. The quantitative estimate of drug-likeness (QED) is 0.192. The highest BCUT2D eigenvalue weighted by atomic mass is 29.4. The maximum absolute atomic E-state index is 7.67. The van der Waals surface area contributed by atoms with E-state index in [0.717, 1.165) is 0 Å². The van der Waals surface area contributed by atoms with Crippen LogP contribution in [0.4, 0.5) is 0 Å². The lowest BCUT2D eigenvalue weighted by Gasteiger charge is -2.60. The van der Waals surface area contributed by atoms with E-state index in [0.29, 0.717) is 0 Å². The van der Waals surface area contributed by atoms with Crippen LogP contribution < -0.4 is 0 Å². The minimum absolute atomic E-state index is 0.0452. The Bertz CT molecular complexity index is 760. The average Bonchev–Trinajstić information content (AvgIpc) is 2.90. The molecule has 0 bridgehead atoms. The normalized spacial score (nSPS) is 30.0. The molecule has 44 heavy (non-hydrogen) atoms. The summed E-state index contributed by atoms with van der Waals surface area (Å²) in [5.74, 6) is 0. The van der Waals surface area contributed by atoms with Crippen LogP contribution in [0.2, 0.25) is 48.4 Å². The van der Waals surface area contributed by atoms with E-state index in [4.69, 9.17) is 51.9 Å². The van der Waals surface area contributed by atoms with Crippen molar-refractivity contribution in [2.45, 2.75) is 104 Å². The molecule has 0 aromatic heterocycles. The molecule has 0 atom stereocenters. The van der Waals surface area contributed by atoms with Gasteiger partial charge in [-0.2, -0.15) is 0 Å². The van der Waals surface area contributed by atoms with Crippen LogP contribution in [-0.2, 0) is 51.9 Å². The van der Waals surface area contributed by atoms with E-state index < -0.39 is 64.6 Å². The fourth-order valence-corrected chi connectivity index (χ4v) is 87.6. The van der Waals surface area contributed by atoms with Crippen molar-refractivity contribution < 1.29 is 51.9 Å². The van der Waals surface area contributed by atoms with Gasteiger partial charge in [0.05, 0.1) is 0 Å². The zero-order valence-electron chi connectivity index (χ0n) is 31.2. The van der Waals surface area contributed by atoms with Gasteiger partial charge in [0.2, 0.25) is 0 Å². The van der Waals surface area contributed by atoms with Crippen LogP contribution in [0.25, 0.3) is 0 Å². The molecule has 1 saturated heterocycles. The standard InChI is InChI=1S/C24H64O12Si8/c1-21(2)41(25-9,26-10)37(17)33-38(18,42(27-11,28-12)22(3)4)35-40(20,44(31-15,32-16)24(7)8)36-39(19,34-37)43(29-13,30-14)23(5)6/h21-24H,1-20H3. The van der Waals surface area contributed by atoms with Gasteiger partial charge in [-0.1, -0.05) is 55.4 Å². The minimum atomic E-state index is -3.60. The van der Waals surface area contributed by atoms with Gasteiger partial charge in [-0.15, -0.1) is 0 Å². The summed E-state index contributed by atoms with van der Waals surface area (Å²) in [6, 6.07) is 0. The molecule has 0 aliphatic carbocycles. The molecule has 1 aliphatic heterocycles. The smallest absolute Gasteiger partial charge is 0.384 e. The monoisotopic (exact) mass is 768 g/mol. The average molecular weight is 769 g/mol. The van der Waals surface area contributed by atoms with Crippen LogP contribution >= 0.6 is 0 Å². The van der Waals surface area contributed by atoms with E-state index in [1.807, 2.05) is 26.2 Å². The third-order valence-electron chi connectivity index (χ3n) is 9.56. The van der Waals surface area contributed by atoms with Gasteiger partial charge < -0.3 is 51.9 Å². The lowest BCUT2D eigenvalue weighted by atomic mass is 10.6. The van der Waals surface area contributed by atoms with Crippen molar-refractivity contribution in [1.29, 1.82) is 0 Å². The van der Waals surface area contributed by atoms with Crippen LogP contribution in [0, 0.1) is 0 Å². The summed E-state index contributed by atoms with van der Waals surface area (Å²) < 4.78 is 82.3. The second kappa shape index (κ2) is 15.4. The molecule has 0 N–H and O–H groups in total. The van der Waals surface area contributed by atoms with Gasteiger partial charge in [0.15, 0.2) is 0 Å². The highest BCUT2D eigenvalue weighted by molar-refractivity contribution is 7.47.